The van der Waals surface area contributed by atoms with Crippen LogP contribution in [0.2, 0.25) is 23.2 Å². The van der Waals surface area contributed by atoms with Gasteiger partial charge in [-0.05, 0) is 73.7 Å². The molecule has 1 saturated heterocycles. The molecule has 0 bridgehead atoms. The number of hydrogen-bond acceptors (Lipinski definition) is 6. The second-order valence-electron chi connectivity index (χ2n) is 16.2. The number of benzene rings is 2. The van der Waals surface area contributed by atoms with E-state index in [4.69, 9.17) is 18.3 Å². The molecule has 7 nitrogen and oxygen atoms in total. The van der Waals surface area contributed by atoms with Gasteiger partial charge in [0.05, 0.1) is 25.3 Å². The summed E-state index contributed by atoms with van der Waals surface area (Å²) in [4.78, 5) is 15.3. The Morgan fingerprint density at radius 3 is 1.87 bits per heavy atom. The first-order valence-electron chi connectivity index (χ1n) is 17.1. The molecule has 0 spiro atoms. The normalized spacial score (nSPS) is 18.2. The summed E-state index contributed by atoms with van der Waals surface area (Å²) in [6, 6.07) is 21.1. The Morgan fingerprint density at radius 2 is 1.37 bits per heavy atom. The maximum Gasteiger partial charge on any atom is 0.410 e. The summed E-state index contributed by atoms with van der Waals surface area (Å²) in [5, 5.41) is 6.02. The molecule has 1 fully saturated rings. The second-order valence-corrected chi connectivity index (χ2v) is 25.3. The Morgan fingerprint density at radius 1 is 0.804 bits per heavy atom. The van der Waals surface area contributed by atoms with Crippen LogP contribution < -0.4 is 15.7 Å². The third-order valence-corrected chi connectivity index (χ3v) is 18.9. The second kappa shape index (κ2) is 15.9. The highest BCUT2D eigenvalue weighted by Crippen LogP contribution is 2.38. The van der Waals surface area contributed by atoms with Gasteiger partial charge in [0.15, 0.2) is 8.32 Å². The Balaban J connectivity index is 1.67. The first kappa shape index (κ1) is 38.4. The van der Waals surface area contributed by atoms with Gasteiger partial charge in [0.1, 0.15) is 5.60 Å². The van der Waals surface area contributed by atoms with Crippen LogP contribution in [0.1, 0.15) is 75.2 Å². The predicted octanol–water partition coefficient (Wildman–Crippen LogP) is 6.96. The number of nitrogens with one attached hydrogen (secondary N) is 1. The van der Waals surface area contributed by atoms with Gasteiger partial charge in [-0.15, -0.1) is 0 Å². The van der Waals surface area contributed by atoms with E-state index >= 15 is 0 Å². The number of amides is 1. The van der Waals surface area contributed by atoms with Gasteiger partial charge in [-0.3, -0.25) is 0 Å². The Hall–Kier alpha value is -2.02. The molecular weight excluding hydrogens is 609 g/mol. The molecule has 3 rings (SSSR count). The summed E-state index contributed by atoms with van der Waals surface area (Å²) < 4.78 is 25.7. The smallest absolute Gasteiger partial charge is 0.410 e. The third kappa shape index (κ3) is 10.2. The van der Waals surface area contributed by atoms with Crippen molar-refractivity contribution in [1.82, 2.24) is 10.2 Å². The monoisotopic (exact) mass is 670 g/mol. The molecule has 0 aliphatic carbocycles. The van der Waals surface area contributed by atoms with Gasteiger partial charge in [0.2, 0.25) is 0 Å². The molecule has 1 N–H and O–H groups in total. The van der Waals surface area contributed by atoms with Crippen molar-refractivity contribution < 1.29 is 23.1 Å². The lowest BCUT2D eigenvalue weighted by atomic mass is 10.2. The average molecular weight is 671 g/mol. The molecule has 2 aromatic rings. The molecule has 0 radical (unpaired) electrons. The van der Waals surface area contributed by atoms with Gasteiger partial charge >= 0.3 is 6.09 Å². The minimum Gasteiger partial charge on any atom is -0.444 e. The van der Waals surface area contributed by atoms with Crippen LogP contribution in [-0.2, 0) is 18.3 Å². The number of hydrogen-bond donors (Lipinski definition) is 1. The van der Waals surface area contributed by atoms with E-state index in [1.165, 1.54) is 10.4 Å². The highest BCUT2D eigenvalue weighted by molar-refractivity contribution is 6.99. The summed E-state index contributed by atoms with van der Waals surface area (Å²) in [5.74, 6) is 0. The van der Waals surface area contributed by atoms with Crippen LogP contribution in [0.15, 0.2) is 60.7 Å². The predicted molar refractivity (Wildman–Crippen MR) is 195 cm³/mol. The fourth-order valence-corrected chi connectivity index (χ4v) is 11.5. The molecule has 1 aliphatic rings. The van der Waals surface area contributed by atoms with Crippen LogP contribution in [0.5, 0.6) is 0 Å². The first-order chi connectivity index (χ1) is 21.4. The van der Waals surface area contributed by atoms with E-state index in [0.29, 0.717) is 26.2 Å². The molecule has 258 valence electrons. The van der Waals surface area contributed by atoms with E-state index in [-0.39, 0.29) is 28.3 Å². The minimum absolute atomic E-state index is 0.0674. The van der Waals surface area contributed by atoms with Crippen molar-refractivity contribution in [2.24, 2.45) is 0 Å². The fraction of sp³-hybridized carbons (Fsp3) is 0.649. The average Bonchev–Trinajstić information content (AvgIpc) is 3.37. The van der Waals surface area contributed by atoms with E-state index in [1.54, 1.807) is 0 Å². The number of rotatable bonds is 14. The fourth-order valence-electron chi connectivity index (χ4n) is 5.85. The molecular formula is C37H62N2O5Si2. The lowest BCUT2D eigenvalue weighted by Crippen LogP contribution is -2.67. The van der Waals surface area contributed by atoms with E-state index < -0.39 is 22.2 Å². The van der Waals surface area contributed by atoms with Crippen LogP contribution in [-0.4, -0.2) is 84.8 Å². The van der Waals surface area contributed by atoms with Gasteiger partial charge in [-0.2, -0.15) is 0 Å². The van der Waals surface area contributed by atoms with Crippen molar-refractivity contribution in [3.8, 4) is 0 Å². The van der Waals surface area contributed by atoms with Gasteiger partial charge in [-0.25, -0.2) is 4.79 Å². The molecule has 0 aromatic heterocycles. The summed E-state index contributed by atoms with van der Waals surface area (Å²) in [6.07, 6.45) is 1.23. The van der Waals surface area contributed by atoms with E-state index in [9.17, 15) is 4.79 Å². The zero-order chi connectivity index (χ0) is 34.2. The van der Waals surface area contributed by atoms with Crippen molar-refractivity contribution in [3.05, 3.63) is 60.7 Å². The van der Waals surface area contributed by atoms with Crippen LogP contribution in [0.3, 0.4) is 0 Å². The largest absolute Gasteiger partial charge is 0.444 e. The SMILES string of the molecule is CC(C)(C)OC(=O)N1C[C@@H](OCCCNCCO[Si](C)(C)C(C)(C)C)C[C@H]1CO[Si](c1ccccc1)(c1ccccc1)C(C)(C)C. The van der Waals surface area contributed by atoms with Crippen LogP contribution in [0, 0.1) is 0 Å². The maximum absolute atomic E-state index is 13.5. The highest BCUT2D eigenvalue weighted by Gasteiger charge is 2.51. The zero-order valence-corrected chi connectivity index (χ0v) is 32.6. The van der Waals surface area contributed by atoms with Crippen molar-refractivity contribution in [3.63, 3.8) is 0 Å². The summed E-state index contributed by atoms with van der Waals surface area (Å²) in [6.45, 7) is 27.9. The maximum atomic E-state index is 13.5. The first-order valence-corrected chi connectivity index (χ1v) is 21.9. The molecule has 2 aromatic carbocycles. The highest BCUT2D eigenvalue weighted by atomic mass is 28.4. The Labute approximate surface area is 282 Å². The number of nitrogens with zero attached hydrogens (tertiary/aromatic N) is 1. The summed E-state index contributed by atoms with van der Waals surface area (Å²) in [7, 11) is -4.47. The lowest BCUT2D eigenvalue weighted by molar-refractivity contribution is 0.0138. The van der Waals surface area contributed by atoms with E-state index in [1.807, 2.05) is 25.7 Å². The quantitative estimate of drug-likeness (QED) is 0.173. The summed E-state index contributed by atoms with van der Waals surface area (Å²) in [5.41, 5.74) is -0.584. The van der Waals surface area contributed by atoms with Crippen molar-refractivity contribution in [2.45, 2.75) is 116 Å². The van der Waals surface area contributed by atoms with Gasteiger partial charge in [-0.1, -0.05) is 102 Å². The molecule has 1 amide bonds. The van der Waals surface area contributed by atoms with E-state index in [0.717, 1.165) is 26.1 Å². The van der Waals surface area contributed by atoms with E-state index in [2.05, 4.69) is 121 Å². The van der Waals surface area contributed by atoms with Gasteiger partial charge in [0.25, 0.3) is 8.32 Å². The molecule has 2 atom stereocenters. The lowest BCUT2D eigenvalue weighted by Gasteiger charge is -2.44. The van der Waals surface area contributed by atoms with Crippen molar-refractivity contribution >= 4 is 33.1 Å². The Kier molecular flexibility index (Phi) is 13.3. The van der Waals surface area contributed by atoms with Crippen molar-refractivity contribution in [1.29, 1.82) is 0 Å². The van der Waals surface area contributed by atoms with Crippen LogP contribution in [0.25, 0.3) is 0 Å². The number of carbonyl (C=O) groups excluding carboxylic acids is 1. The van der Waals surface area contributed by atoms with Gasteiger partial charge < -0.3 is 28.5 Å². The summed E-state index contributed by atoms with van der Waals surface area (Å²) >= 11 is 0. The standard InChI is InChI=1S/C37H62N2O5Si2/c1-35(2,3)44-34(40)39-28-31(41-25-18-23-38-24-26-42-45(10,11)36(4,5)6)27-30(39)29-43-46(37(7,8)9,32-19-14-12-15-20-32)33-21-16-13-17-22-33/h12-17,19-22,30-31,38H,18,23-29H2,1-11H3/t30-,31-/m0/s1. The molecule has 9 heteroatoms. The number of likely N-dealkylation sites (tertiary alicyclic amines) is 1. The van der Waals surface area contributed by atoms with Crippen LogP contribution in [0.4, 0.5) is 4.79 Å². The number of ether oxygens (including phenoxy) is 2. The minimum atomic E-state index is -2.76. The number of carbonyl (C=O) groups is 1. The molecule has 0 unspecified atom stereocenters. The third-order valence-electron chi connectivity index (χ3n) is 9.31. The molecule has 1 aliphatic heterocycles. The van der Waals surface area contributed by atoms with Crippen LogP contribution >= 0.6 is 0 Å². The Bertz CT molecular complexity index is 1170. The van der Waals surface area contributed by atoms with Crippen molar-refractivity contribution in [2.75, 3.05) is 39.5 Å². The molecule has 0 saturated carbocycles. The topological polar surface area (TPSA) is 69.3 Å². The molecule has 1 heterocycles. The van der Waals surface area contributed by atoms with Gasteiger partial charge in [0, 0.05) is 19.8 Å². The molecule has 46 heavy (non-hydrogen) atoms. The zero-order valence-electron chi connectivity index (χ0n) is 30.6.